The van der Waals surface area contributed by atoms with Crippen LogP contribution in [-0.2, 0) is 26.9 Å². The second-order valence-corrected chi connectivity index (χ2v) is 10.1. The lowest BCUT2D eigenvalue weighted by molar-refractivity contribution is 0.218. The average molecular weight is 407 g/mol. The van der Waals surface area contributed by atoms with E-state index in [1.807, 2.05) is 18.2 Å². The first-order valence-electron chi connectivity index (χ1n) is 9.95. The molecule has 6 heteroatoms. The minimum Gasteiger partial charge on any atom is -0.295 e. The zero-order valence-corrected chi connectivity index (χ0v) is 18.4. The summed E-state index contributed by atoms with van der Waals surface area (Å²) in [7, 11) is 3.55. The number of aryl methyl sites for hydroxylation is 2. The van der Waals surface area contributed by atoms with Gasteiger partial charge in [-0.15, -0.1) is 11.3 Å². The molecule has 0 amide bonds. The van der Waals surface area contributed by atoms with Gasteiger partial charge in [-0.2, -0.15) is 5.26 Å². The van der Waals surface area contributed by atoms with Gasteiger partial charge in [-0.1, -0.05) is 26.8 Å². The molecule has 1 atom stereocenters. The zero-order valence-electron chi connectivity index (χ0n) is 17.6. The summed E-state index contributed by atoms with van der Waals surface area (Å²) in [5.74, 6) is 0.638. The highest BCUT2D eigenvalue weighted by Gasteiger charge is 2.32. The molecule has 0 radical (unpaired) electrons. The van der Waals surface area contributed by atoms with Crippen LogP contribution in [0.1, 0.15) is 48.8 Å². The van der Waals surface area contributed by atoms with Crippen molar-refractivity contribution in [1.29, 1.82) is 5.26 Å². The van der Waals surface area contributed by atoms with Crippen LogP contribution in [-0.4, -0.2) is 15.3 Å². The van der Waals surface area contributed by atoms with Crippen LogP contribution in [0.4, 0.5) is 5.00 Å². The highest BCUT2D eigenvalue weighted by Crippen LogP contribution is 2.44. The molecule has 3 aromatic rings. The van der Waals surface area contributed by atoms with Gasteiger partial charge in [0, 0.05) is 25.2 Å². The largest absolute Gasteiger partial charge is 0.328 e. The molecule has 2 aromatic heterocycles. The summed E-state index contributed by atoms with van der Waals surface area (Å²) in [5.41, 5.74) is 4.86. The van der Waals surface area contributed by atoms with Crippen molar-refractivity contribution < 1.29 is 0 Å². The first-order chi connectivity index (χ1) is 13.7. The van der Waals surface area contributed by atoms with Gasteiger partial charge < -0.3 is 0 Å². The van der Waals surface area contributed by atoms with E-state index in [0.29, 0.717) is 5.92 Å². The van der Waals surface area contributed by atoms with Crippen LogP contribution in [0.25, 0.3) is 11.0 Å². The summed E-state index contributed by atoms with van der Waals surface area (Å²) < 4.78 is 3.28. The van der Waals surface area contributed by atoms with Crippen molar-refractivity contribution in [2.24, 2.45) is 30.4 Å². The SMILES string of the molecule is Cn1c(=O)n(C)c2cc(C=Nc3sc4c(c3C#N)CC[C@H](C(C)(C)C)C4)ccc21. The summed E-state index contributed by atoms with van der Waals surface area (Å²) in [6.07, 6.45) is 4.93. The molecule has 5 nitrogen and oxygen atoms in total. The number of benzene rings is 1. The molecule has 1 aromatic carbocycles. The van der Waals surface area contributed by atoms with E-state index in [1.54, 1.807) is 40.8 Å². The van der Waals surface area contributed by atoms with Crippen LogP contribution in [0.15, 0.2) is 28.0 Å². The number of aromatic nitrogens is 2. The monoisotopic (exact) mass is 406 g/mol. The van der Waals surface area contributed by atoms with E-state index >= 15 is 0 Å². The Balaban J connectivity index is 1.69. The summed E-state index contributed by atoms with van der Waals surface area (Å²) in [6.45, 7) is 6.90. The van der Waals surface area contributed by atoms with Gasteiger partial charge >= 0.3 is 5.69 Å². The van der Waals surface area contributed by atoms with Crippen molar-refractivity contribution in [3.8, 4) is 6.07 Å². The van der Waals surface area contributed by atoms with Gasteiger partial charge in [0.2, 0.25) is 0 Å². The fourth-order valence-corrected chi connectivity index (χ4v) is 5.48. The maximum atomic E-state index is 12.1. The number of aliphatic imine (C=N–C) groups is 1. The number of hydrogen-bond donors (Lipinski definition) is 0. The molecule has 2 heterocycles. The fraction of sp³-hybridized carbons (Fsp3) is 0.435. The van der Waals surface area contributed by atoms with E-state index in [2.05, 4.69) is 31.8 Å². The molecule has 0 bridgehead atoms. The molecule has 0 N–H and O–H groups in total. The average Bonchev–Trinajstić information content (AvgIpc) is 3.15. The summed E-state index contributed by atoms with van der Waals surface area (Å²) >= 11 is 1.66. The standard InChI is InChI=1S/C23H26N4OS/c1-23(2,3)15-7-8-16-17(12-24)21(29-20(16)11-15)25-13-14-6-9-18-19(10-14)27(5)22(28)26(18)4/h6,9-10,13,15H,7-8,11H2,1-5H3/t15-/m0/s1. The van der Waals surface area contributed by atoms with Crippen LogP contribution in [0, 0.1) is 22.7 Å². The van der Waals surface area contributed by atoms with Crippen molar-refractivity contribution in [3.63, 3.8) is 0 Å². The maximum absolute atomic E-state index is 12.1. The predicted octanol–water partition coefficient (Wildman–Crippen LogP) is 4.71. The van der Waals surface area contributed by atoms with Crippen molar-refractivity contribution >= 4 is 33.6 Å². The van der Waals surface area contributed by atoms with E-state index in [0.717, 1.165) is 46.4 Å². The first kappa shape index (κ1) is 19.7. The number of rotatable bonds is 2. The number of thiophene rings is 1. The van der Waals surface area contributed by atoms with Crippen LogP contribution in [0.5, 0.6) is 0 Å². The van der Waals surface area contributed by atoms with Crippen molar-refractivity contribution in [1.82, 2.24) is 9.13 Å². The molecule has 0 unspecified atom stereocenters. The quantitative estimate of drug-likeness (QED) is 0.579. The lowest BCUT2D eigenvalue weighted by Crippen LogP contribution is -2.26. The normalized spacial score (nSPS) is 17.0. The lowest BCUT2D eigenvalue weighted by atomic mass is 9.72. The Hall–Kier alpha value is -2.65. The van der Waals surface area contributed by atoms with E-state index < -0.39 is 0 Å². The second kappa shape index (κ2) is 7.00. The van der Waals surface area contributed by atoms with Gasteiger partial charge in [-0.05, 0) is 53.9 Å². The number of hydrogen-bond acceptors (Lipinski definition) is 4. The number of imidazole rings is 1. The van der Waals surface area contributed by atoms with E-state index in [4.69, 9.17) is 0 Å². The molecular formula is C23H26N4OS. The summed E-state index contributed by atoms with van der Waals surface area (Å²) in [5, 5.41) is 10.5. The molecule has 0 fully saturated rings. The van der Waals surface area contributed by atoms with Crippen molar-refractivity contribution in [2.45, 2.75) is 40.0 Å². The molecule has 1 aliphatic rings. The second-order valence-electron chi connectivity index (χ2n) is 9.01. The Kier molecular flexibility index (Phi) is 4.74. The minimum absolute atomic E-state index is 0.0415. The number of nitriles is 1. The Bertz CT molecular complexity index is 1230. The maximum Gasteiger partial charge on any atom is 0.328 e. The van der Waals surface area contributed by atoms with Gasteiger partial charge in [-0.3, -0.25) is 9.13 Å². The molecule has 0 aliphatic heterocycles. The number of nitrogens with zero attached hydrogens (tertiary/aromatic N) is 4. The topological polar surface area (TPSA) is 63.1 Å². The molecule has 0 saturated carbocycles. The van der Waals surface area contributed by atoms with E-state index in [-0.39, 0.29) is 11.1 Å². The van der Waals surface area contributed by atoms with Crippen LogP contribution in [0.3, 0.4) is 0 Å². The molecular weight excluding hydrogens is 380 g/mol. The molecule has 4 rings (SSSR count). The predicted molar refractivity (Wildman–Crippen MR) is 119 cm³/mol. The third-order valence-corrected chi connectivity index (χ3v) is 7.37. The van der Waals surface area contributed by atoms with E-state index in [9.17, 15) is 10.1 Å². The van der Waals surface area contributed by atoms with Gasteiger partial charge in [0.25, 0.3) is 0 Å². The van der Waals surface area contributed by atoms with Crippen LogP contribution >= 0.6 is 11.3 Å². The van der Waals surface area contributed by atoms with Crippen molar-refractivity contribution in [2.75, 3.05) is 0 Å². The molecule has 29 heavy (non-hydrogen) atoms. The minimum atomic E-state index is -0.0415. The lowest BCUT2D eigenvalue weighted by Gasteiger charge is -2.33. The first-order valence-corrected chi connectivity index (χ1v) is 10.8. The third kappa shape index (κ3) is 3.34. The van der Waals surface area contributed by atoms with Gasteiger partial charge in [0.1, 0.15) is 11.1 Å². The Morgan fingerprint density at radius 3 is 2.66 bits per heavy atom. The highest BCUT2D eigenvalue weighted by atomic mass is 32.1. The van der Waals surface area contributed by atoms with E-state index in [1.165, 1.54) is 10.4 Å². The molecule has 0 spiro atoms. The summed E-state index contributed by atoms with van der Waals surface area (Å²) in [6, 6.07) is 8.26. The third-order valence-electron chi connectivity index (χ3n) is 6.21. The Labute approximate surface area is 174 Å². The summed E-state index contributed by atoms with van der Waals surface area (Å²) in [4.78, 5) is 18.1. The Morgan fingerprint density at radius 1 is 1.24 bits per heavy atom. The van der Waals surface area contributed by atoms with Crippen LogP contribution < -0.4 is 5.69 Å². The molecule has 1 aliphatic carbocycles. The Morgan fingerprint density at radius 2 is 1.97 bits per heavy atom. The van der Waals surface area contributed by atoms with Gasteiger partial charge in [0.15, 0.2) is 0 Å². The number of fused-ring (bicyclic) bond motifs is 2. The fourth-order valence-electron chi connectivity index (χ4n) is 4.25. The van der Waals surface area contributed by atoms with Gasteiger partial charge in [0.05, 0.1) is 16.6 Å². The smallest absolute Gasteiger partial charge is 0.295 e. The molecule has 150 valence electrons. The highest BCUT2D eigenvalue weighted by molar-refractivity contribution is 7.16. The van der Waals surface area contributed by atoms with Gasteiger partial charge in [-0.25, -0.2) is 9.79 Å². The molecule has 0 saturated heterocycles. The zero-order chi connectivity index (χ0) is 20.9. The van der Waals surface area contributed by atoms with Crippen molar-refractivity contribution in [3.05, 3.63) is 50.3 Å². The van der Waals surface area contributed by atoms with Crippen LogP contribution in [0.2, 0.25) is 0 Å².